The summed E-state index contributed by atoms with van der Waals surface area (Å²) in [4.78, 5) is -0.0211. The number of rotatable bonds is 3. The van der Waals surface area contributed by atoms with Gasteiger partial charge < -0.3 is 0 Å². The van der Waals surface area contributed by atoms with E-state index in [2.05, 4.69) is 4.72 Å². The molecule has 1 aliphatic rings. The lowest BCUT2D eigenvalue weighted by atomic mass is 10.1. The number of alkyl halides is 1. The molecule has 2 rings (SSSR count). The van der Waals surface area contributed by atoms with Gasteiger partial charge in [0.1, 0.15) is 0 Å². The van der Waals surface area contributed by atoms with Crippen molar-refractivity contribution in [1.29, 1.82) is 5.26 Å². The molecule has 2 atom stereocenters. The van der Waals surface area contributed by atoms with Crippen LogP contribution >= 0.6 is 11.6 Å². The zero-order chi connectivity index (χ0) is 15.8. The molecule has 114 valence electrons. The van der Waals surface area contributed by atoms with Crippen LogP contribution in [-0.4, -0.2) is 39.8 Å². The van der Waals surface area contributed by atoms with E-state index in [-0.39, 0.29) is 16.4 Å². The number of nitrogens with one attached hydrogen (secondary N) is 1. The van der Waals surface area contributed by atoms with E-state index in [1.54, 1.807) is 6.92 Å². The Labute approximate surface area is 128 Å². The molecular weight excluding hydrogens is 336 g/mol. The monoisotopic (exact) mass is 348 g/mol. The van der Waals surface area contributed by atoms with Gasteiger partial charge in [0.25, 0.3) is 0 Å². The summed E-state index contributed by atoms with van der Waals surface area (Å²) >= 11 is 5.89. The molecule has 0 spiro atoms. The molecule has 0 saturated carbocycles. The lowest BCUT2D eigenvalue weighted by Crippen LogP contribution is -2.40. The maximum atomic E-state index is 12.2. The summed E-state index contributed by atoms with van der Waals surface area (Å²) in [6.07, 6.45) is 0. The third-order valence-electron chi connectivity index (χ3n) is 3.22. The van der Waals surface area contributed by atoms with E-state index in [0.717, 1.165) is 0 Å². The second-order valence-corrected chi connectivity index (χ2v) is 9.34. The van der Waals surface area contributed by atoms with Crippen LogP contribution < -0.4 is 4.72 Å². The fraction of sp³-hybridized carbons (Fsp3) is 0.417. The molecule has 1 heterocycles. The Kier molecular flexibility index (Phi) is 4.31. The summed E-state index contributed by atoms with van der Waals surface area (Å²) in [7, 11) is -7.20. The quantitative estimate of drug-likeness (QED) is 0.803. The van der Waals surface area contributed by atoms with Gasteiger partial charge in [-0.3, -0.25) is 0 Å². The number of sulfone groups is 1. The van der Waals surface area contributed by atoms with Crippen molar-refractivity contribution in [2.75, 3.05) is 11.5 Å². The van der Waals surface area contributed by atoms with Gasteiger partial charge in [0, 0.05) is 0 Å². The number of halogens is 1. The minimum Gasteiger partial charge on any atom is -0.229 e. The number of hydrogen-bond donors (Lipinski definition) is 1. The highest BCUT2D eigenvalue weighted by Crippen LogP contribution is 2.21. The predicted octanol–water partition coefficient (Wildman–Crippen LogP) is 0.549. The van der Waals surface area contributed by atoms with Crippen molar-refractivity contribution in [1.82, 2.24) is 4.72 Å². The van der Waals surface area contributed by atoms with Gasteiger partial charge in [-0.1, -0.05) is 0 Å². The molecule has 1 saturated heterocycles. The van der Waals surface area contributed by atoms with Gasteiger partial charge in [-0.15, -0.1) is 11.6 Å². The Morgan fingerprint density at radius 2 is 2.05 bits per heavy atom. The Bertz CT molecular complexity index is 812. The van der Waals surface area contributed by atoms with E-state index < -0.39 is 31.3 Å². The summed E-state index contributed by atoms with van der Waals surface area (Å²) in [5, 5.41) is 8.05. The summed E-state index contributed by atoms with van der Waals surface area (Å²) in [6, 6.07) is 5.18. The SMILES string of the molecule is Cc1cc(S(=O)(=O)NC2CS(=O)(=O)CC2Cl)ccc1C#N. The van der Waals surface area contributed by atoms with Crippen LogP contribution in [0.15, 0.2) is 23.1 Å². The molecule has 1 aromatic carbocycles. The van der Waals surface area contributed by atoms with Crippen molar-refractivity contribution in [3.05, 3.63) is 29.3 Å². The largest absolute Gasteiger partial charge is 0.240 e. The van der Waals surface area contributed by atoms with Gasteiger partial charge in [-0.25, -0.2) is 21.6 Å². The molecule has 6 nitrogen and oxygen atoms in total. The molecule has 21 heavy (non-hydrogen) atoms. The average molecular weight is 349 g/mol. The lowest BCUT2D eigenvalue weighted by molar-refractivity contribution is 0.563. The van der Waals surface area contributed by atoms with Gasteiger partial charge in [0.05, 0.1) is 39.5 Å². The van der Waals surface area contributed by atoms with Crippen molar-refractivity contribution in [3.63, 3.8) is 0 Å². The van der Waals surface area contributed by atoms with Crippen molar-refractivity contribution in [2.24, 2.45) is 0 Å². The molecule has 1 aromatic rings. The molecule has 1 N–H and O–H groups in total. The highest BCUT2D eigenvalue weighted by molar-refractivity contribution is 7.92. The normalized spacial score (nSPS) is 24.6. The Balaban J connectivity index is 2.28. The smallest absolute Gasteiger partial charge is 0.229 e. The standard InChI is InChI=1S/C12H13ClN2O4S2/c1-8-4-10(3-2-9(8)5-14)21(18,19)15-12-7-20(16,17)6-11(12)13/h2-4,11-12,15H,6-7H2,1H3. The van der Waals surface area contributed by atoms with E-state index >= 15 is 0 Å². The summed E-state index contributed by atoms with van der Waals surface area (Å²) in [6.45, 7) is 1.63. The van der Waals surface area contributed by atoms with Gasteiger partial charge in [-0.2, -0.15) is 5.26 Å². The van der Waals surface area contributed by atoms with E-state index in [1.807, 2.05) is 6.07 Å². The van der Waals surface area contributed by atoms with Gasteiger partial charge in [-0.05, 0) is 30.7 Å². The van der Waals surface area contributed by atoms with Gasteiger partial charge >= 0.3 is 0 Å². The van der Waals surface area contributed by atoms with E-state index in [1.165, 1.54) is 18.2 Å². The Hall–Kier alpha value is -1.14. The lowest BCUT2D eigenvalue weighted by Gasteiger charge is -2.15. The number of sulfonamides is 1. The third-order valence-corrected chi connectivity index (χ3v) is 7.08. The highest BCUT2D eigenvalue weighted by Gasteiger charge is 2.38. The first-order chi connectivity index (χ1) is 9.64. The molecular formula is C12H13ClN2O4S2. The fourth-order valence-electron chi connectivity index (χ4n) is 2.11. The molecule has 0 bridgehead atoms. The minimum absolute atomic E-state index is 0.0211. The summed E-state index contributed by atoms with van der Waals surface area (Å²) in [5.41, 5.74) is 0.912. The van der Waals surface area contributed by atoms with Crippen LogP contribution in [0.2, 0.25) is 0 Å². The van der Waals surface area contributed by atoms with Crippen LogP contribution in [0.5, 0.6) is 0 Å². The van der Waals surface area contributed by atoms with E-state index in [4.69, 9.17) is 16.9 Å². The number of aryl methyl sites for hydroxylation is 1. The van der Waals surface area contributed by atoms with Crippen molar-refractivity contribution >= 4 is 31.5 Å². The van der Waals surface area contributed by atoms with E-state index in [0.29, 0.717) is 11.1 Å². The fourth-order valence-corrected chi connectivity index (χ4v) is 6.20. The third kappa shape index (κ3) is 3.55. The van der Waals surface area contributed by atoms with Crippen molar-refractivity contribution < 1.29 is 16.8 Å². The van der Waals surface area contributed by atoms with Crippen LogP contribution in [0.1, 0.15) is 11.1 Å². The van der Waals surface area contributed by atoms with Crippen LogP contribution in [0.4, 0.5) is 0 Å². The first kappa shape index (κ1) is 16.2. The summed E-state index contributed by atoms with van der Waals surface area (Å²) < 4.78 is 49.7. The number of hydrogen-bond acceptors (Lipinski definition) is 5. The first-order valence-electron chi connectivity index (χ1n) is 6.02. The highest BCUT2D eigenvalue weighted by atomic mass is 35.5. The predicted molar refractivity (Wildman–Crippen MR) is 78.3 cm³/mol. The Morgan fingerprint density at radius 1 is 1.38 bits per heavy atom. The second-order valence-electron chi connectivity index (χ2n) is 4.91. The molecule has 0 aliphatic carbocycles. The average Bonchev–Trinajstić information content (AvgIpc) is 2.61. The molecule has 1 aliphatic heterocycles. The molecule has 0 aromatic heterocycles. The maximum Gasteiger partial charge on any atom is 0.240 e. The van der Waals surface area contributed by atoms with Crippen molar-refractivity contribution in [3.8, 4) is 6.07 Å². The number of nitrogens with zero attached hydrogens (tertiary/aromatic N) is 1. The van der Waals surface area contributed by atoms with Gasteiger partial charge in [0.2, 0.25) is 10.0 Å². The minimum atomic E-state index is -3.88. The molecule has 1 fully saturated rings. The number of nitriles is 1. The van der Waals surface area contributed by atoms with Crippen LogP contribution in [0.3, 0.4) is 0 Å². The van der Waals surface area contributed by atoms with Crippen LogP contribution in [0, 0.1) is 18.3 Å². The van der Waals surface area contributed by atoms with Crippen molar-refractivity contribution in [2.45, 2.75) is 23.2 Å². The van der Waals surface area contributed by atoms with Crippen LogP contribution in [-0.2, 0) is 19.9 Å². The zero-order valence-electron chi connectivity index (χ0n) is 11.1. The van der Waals surface area contributed by atoms with Gasteiger partial charge in [0.15, 0.2) is 9.84 Å². The Morgan fingerprint density at radius 3 is 2.52 bits per heavy atom. The molecule has 0 radical (unpaired) electrons. The molecule has 0 amide bonds. The zero-order valence-corrected chi connectivity index (χ0v) is 13.5. The molecule has 2 unspecified atom stereocenters. The van der Waals surface area contributed by atoms with E-state index in [9.17, 15) is 16.8 Å². The topological polar surface area (TPSA) is 104 Å². The van der Waals surface area contributed by atoms with Crippen LogP contribution in [0.25, 0.3) is 0 Å². The molecule has 9 heteroatoms. The first-order valence-corrected chi connectivity index (χ1v) is 9.76. The number of benzene rings is 1. The summed E-state index contributed by atoms with van der Waals surface area (Å²) in [5.74, 6) is -0.552. The second kappa shape index (κ2) is 5.57. The maximum absolute atomic E-state index is 12.2.